The zero-order valence-electron chi connectivity index (χ0n) is 10.3. The van der Waals surface area contributed by atoms with Crippen LogP contribution in [0.4, 0.5) is 0 Å². The second kappa shape index (κ2) is 5.15. The van der Waals surface area contributed by atoms with E-state index in [1.165, 1.54) is 12.8 Å². The van der Waals surface area contributed by atoms with Crippen molar-refractivity contribution in [2.45, 2.75) is 38.8 Å². The largest absolute Gasteiger partial charge is 0.355 e. The number of nitrogens with zero attached hydrogens (tertiary/aromatic N) is 1. The standard InChI is InChI=1S/C12H23N3O/c1-3-14-12(16)9(2)15-6-4-5-10-7-13-8-11(10)15/h9-11,13H,3-8H2,1-2H3,(H,14,16). The maximum absolute atomic E-state index is 11.9. The van der Waals surface area contributed by atoms with Gasteiger partial charge in [-0.1, -0.05) is 0 Å². The first-order valence-corrected chi connectivity index (χ1v) is 6.48. The van der Waals surface area contributed by atoms with Crippen LogP contribution < -0.4 is 10.6 Å². The normalized spacial score (nSPS) is 32.1. The minimum Gasteiger partial charge on any atom is -0.355 e. The molecule has 0 aromatic carbocycles. The van der Waals surface area contributed by atoms with Crippen LogP contribution in [0.5, 0.6) is 0 Å². The highest BCUT2D eigenvalue weighted by Crippen LogP contribution is 2.27. The Labute approximate surface area is 97.8 Å². The minimum absolute atomic E-state index is 0.0210. The van der Waals surface area contributed by atoms with Crippen molar-refractivity contribution in [1.82, 2.24) is 15.5 Å². The molecule has 2 rings (SSSR count). The Kier molecular flexibility index (Phi) is 3.82. The maximum Gasteiger partial charge on any atom is 0.237 e. The topological polar surface area (TPSA) is 44.4 Å². The summed E-state index contributed by atoms with van der Waals surface area (Å²) in [6, 6.07) is 0.596. The molecule has 0 aromatic heterocycles. The summed E-state index contributed by atoms with van der Waals surface area (Å²) in [5.41, 5.74) is 0. The molecule has 2 aliphatic heterocycles. The van der Waals surface area contributed by atoms with Crippen LogP contribution in [-0.4, -0.2) is 49.1 Å². The summed E-state index contributed by atoms with van der Waals surface area (Å²) in [5, 5.41) is 6.37. The number of hydrogen-bond donors (Lipinski definition) is 2. The number of likely N-dealkylation sites (N-methyl/N-ethyl adjacent to an activating group) is 1. The number of piperidine rings is 1. The SMILES string of the molecule is CCNC(=O)C(C)N1CCCC2CNCC21. The molecule has 4 heteroatoms. The number of fused-ring (bicyclic) bond motifs is 1. The summed E-state index contributed by atoms with van der Waals surface area (Å²) in [4.78, 5) is 14.2. The van der Waals surface area contributed by atoms with E-state index < -0.39 is 0 Å². The lowest BCUT2D eigenvalue weighted by atomic mass is 9.91. The van der Waals surface area contributed by atoms with Gasteiger partial charge in [-0.25, -0.2) is 0 Å². The van der Waals surface area contributed by atoms with Crippen LogP contribution in [0.3, 0.4) is 0 Å². The summed E-state index contributed by atoms with van der Waals surface area (Å²) in [5.74, 6) is 0.931. The molecule has 2 aliphatic rings. The van der Waals surface area contributed by atoms with Crippen LogP contribution in [0.15, 0.2) is 0 Å². The van der Waals surface area contributed by atoms with E-state index in [-0.39, 0.29) is 11.9 Å². The van der Waals surface area contributed by atoms with Gasteiger partial charge < -0.3 is 10.6 Å². The van der Waals surface area contributed by atoms with Gasteiger partial charge in [-0.15, -0.1) is 0 Å². The molecule has 0 aromatic rings. The Balaban J connectivity index is 1.99. The molecule has 0 radical (unpaired) electrons. The molecule has 3 unspecified atom stereocenters. The number of carbonyl (C=O) groups is 1. The van der Waals surface area contributed by atoms with Crippen molar-refractivity contribution in [2.24, 2.45) is 5.92 Å². The van der Waals surface area contributed by atoms with E-state index in [4.69, 9.17) is 0 Å². The fourth-order valence-corrected chi connectivity index (χ4v) is 3.06. The van der Waals surface area contributed by atoms with E-state index in [0.29, 0.717) is 6.04 Å². The molecule has 2 heterocycles. The van der Waals surface area contributed by atoms with Crippen molar-refractivity contribution in [2.75, 3.05) is 26.2 Å². The molecule has 1 amide bonds. The van der Waals surface area contributed by atoms with Gasteiger partial charge in [0.05, 0.1) is 6.04 Å². The van der Waals surface area contributed by atoms with Crippen LogP contribution in [0.2, 0.25) is 0 Å². The van der Waals surface area contributed by atoms with Crippen molar-refractivity contribution in [1.29, 1.82) is 0 Å². The summed E-state index contributed by atoms with van der Waals surface area (Å²) in [7, 11) is 0. The molecule has 16 heavy (non-hydrogen) atoms. The number of likely N-dealkylation sites (tertiary alicyclic amines) is 1. The van der Waals surface area contributed by atoms with Crippen molar-refractivity contribution in [3.8, 4) is 0 Å². The Morgan fingerprint density at radius 3 is 3.12 bits per heavy atom. The Hall–Kier alpha value is -0.610. The highest BCUT2D eigenvalue weighted by atomic mass is 16.2. The van der Waals surface area contributed by atoms with Gasteiger partial charge in [-0.05, 0) is 45.7 Å². The maximum atomic E-state index is 11.9. The second-order valence-electron chi connectivity index (χ2n) is 4.94. The molecule has 92 valence electrons. The van der Waals surface area contributed by atoms with Crippen LogP contribution in [0, 0.1) is 5.92 Å². The van der Waals surface area contributed by atoms with Crippen LogP contribution in [-0.2, 0) is 4.79 Å². The first-order chi connectivity index (χ1) is 7.74. The number of carbonyl (C=O) groups excluding carboxylic acids is 1. The van der Waals surface area contributed by atoms with E-state index in [9.17, 15) is 4.79 Å². The van der Waals surface area contributed by atoms with E-state index in [0.717, 1.165) is 32.1 Å². The summed E-state index contributed by atoms with van der Waals surface area (Å²) < 4.78 is 0. The van der Waals surface area contributed by atoms with E-state index >= 15 is 0 Å². The smallest absolute Gasteiger partial charge is 0.237 e. The van der Waals surface area contributed by atoms with Gasteiger partial charge in [0.25, 0.3) is 0 Å². The van der Waals surface area contributed by atoms with Gasteiger partial charge >= 0.3 is 0 Å². The van der Waals surface area contributed by atoms with E-state index in [2.05, 4.69) is 15.5 Å². The molecule has 2 saturated heterocycles. The van der Waals surface area contributed by atoms with Crippen LogP contribution in [0.25, 0.3) is 0 Å². The van der Waals surface area contributed by atoms with Crippen molar-refractivity contribution in [3.05, 3.63) is 0 Å². The predicted molar refractivity (Wildman–Crippen MR) is 64.2 cm³/mol. The number of amides is 1. The molecule has 2 N–H and O–H groups in total. The van der Waals surface area contributed by atoms with Gasteiger partial charge in [0.15, 0.2) is 0 Å². The number of nitrogens with one attached hydrogen (secondary N) is 2. The van der Waals surface area contributed by atoms with Crippen molar-refractivity contribution >= 4 is 5.91 Å². The zero-order valence-corrected chi connectivity index (χ0v) is 10.3. The average Bonchev–Trinajstić information content (AvgIpc) is 2.76. The minimum atomic E-state index is 0.0210. The molecule has 4 nitrogen and oxygen atoms in total. The Morgan fingerprint density at radius 2 is 2.38 bits per heavy atom. The summed E-state index contributed by atoms with van der Waals surface area (Å²) in [6.45, 7) is 7.98. The molecule has 2 fully saturated rings. The fraction of sp³-hybridized carbons (Fsp3) is 0.917. The third kappa shape index (κ3) is 2.23. The van der Waals surface area contributed by atoms with Gasteiger partial charge in [-0.2, -0.15) is 0 Å². The van der Waals surface area contributed by atoms with Crippen molar-refractivity contribution < 1.29 is 4.79 Å². The Morgan fingerprint density at radius 1 is 1.56 bits per heavy atom. The van der Waals surface area contributed by atoms with Gasteiger partial charge in [0.2, 0.25) is 5.91 Å². The van der Waals surface area contributed by atoms with Crippen LogP contribution in [0.1, 0.15) is 26.7 Å². The molecule has 0 saturated carbocycles. The van der Waals surface area contributed by atoms with E-state index in [1.807, 2.05) is 13.8 Å². The molecule has 0 spiro atoms. The average molecular weight is 225 g/mol. The first kappa shape index (κ1) is 11.9. The first-order valence-electron chi connectivity index (χ1n) is 6.48. The third-order valence-corrected chi connectivity index (χ3v) is 3.95. The van der Waals surface area contributed by atoms with Gasteiger partial charge in [-0.3, -0.25) is 9.69 Å². The highest BCUT2D eigenvalue weighted by Gasteiger charge is 2.38. The zero-order chi connectivity index (χ0) is 11.5. The quantitative estimate of drug-likeness (QED) is 0.721. The van der Waals surface area contributed by atoms with Crippen molar-refractivity contribution in [3.63, 3.8) is 0 Å². The molecular weight excluding hydrogens is 202 g/mol. The van der Waals surface area contributed by atoms with E-state index in [1.54, 1.807) is 0 Å². The number of rotatable bonds is 3. The van der Waals surface area contributed by atoms with Crippen LogP contribution >= 0.6 is 0 Å². The van der Waals surface area contributed by atoms with Gasteiger partial charge in [0, 0.05) is 19.1 Å². The lowest BCUT2D eigenvalue weighted by Gasteiger charge is -2.40. The second-order valence-corrected chi connectivity index (χ2v) is 4.94. The predicted octanol–water partition coefficient (Wildman–Crippen LogP) is 0.195. The molecule has 0 aliphatic carbocycles. The molecular formula is C12H23N3O. The molecule has 0 bridgehead atoms. The Bertz CT molecular complexity index is 257. The highest BCUT2D eigenvalue weighted by molar-refractivity contribution is 5.81. The third-order valence-electron chi connectivity index (χ3n) is 3.95. The summed E-state index contributed by atoms with van der Waals surface area (Å²) >= 11 is 0. The lowest BCUT2D eigenvalue weighted by Crippen LogP contribution is -2.54. The summed E-state index contributed by atoms with van der Waals surface area (Å²) in [6.07, 6.45) is 2.54. The lowest BCUT2D eigenvalue weighted by molar-refractivity contribution is -0.127. The molecule has 3 atom stereocenters. The van der Waals surface area contributed by atoms with Gasteiger partial charge in [0.1, 0.15) is 0 Å². The number of hydrogen-bond acceptors (Lipinski definition) is 3. The monoisotopic (exact) mass is 225 g/mol. The fourth-order valence-electron chi connectivity index (χ4n) is 3.06.